The van der Waals surface area contributed by atoms with Gasteiger partial charge in [-0.05, 0) is 23.7 Å². The molecule has 0 aliphatic rings. The van der Waals surface area contributed by atoms with Gasteiger partial charge in [0.15, 0.2) is 0 Å². The summed E-state index contributed by atoms with van der Waals surface area (Å²) in [6, 6.07) is 1.64. The predicted octanol–water partition coefficient (Wildman–Crippen LogP) is 1.75. The zero-order chi connectivity index (χ0) is 9.84. The van der Waals surface area contributed by atoms with Crippen LogP contribution in [0.1, 0.15) is 12.5 Å². The fraction of sp³-hybridized carbons (Fsp3) is 0.250. The number of anilines is 1. The number of nitroso groups, excluding NO2 is 1. The van der Waals surface area contributed by atoms with Crippen molar-refractivity contribution in [1.29, 1.82) is 0 Å². The molecular weight excluding hydrogens is 170 g/mol. The Bertz CT molecular complexity index is 349. The number of carbonyl (C=O) groups excluding carboxylic acids is 1. The van der Waals surface area contributed by atoms with Gasteiger partial charge in [0.25, 0.3) is 0 Å². The van der Waals surface area contributed by atoms with Crippen molar-refractivity contribution in [1.82, 2.24) is 4.98 Å². The molecule has 0 unspecified atom stereocenters. The highest BCUT2D eigenvalue weighted by Crippen LogP contribution is 2.22. The minimum Gasteiger partial charge on any atom is -0.323 e. The molecule has 13 heavy (non-hydrogen) atoms. The topological polar surface area (TPSA) is 71.4 Å². The molecular formula is C8H9N3O2. The van der Waals surface area contributed by atoms with Crippen LogP contribution in [-0.2, 0) is 4.79 Å². The summed E-state index contributed by atoms with van der Waals surface area (Å²) < 4.78 is 0. The number of rotatable bonds is 2. The van der Waals surface area contributed by atoms with Crippen molar-refractivity contribution in [3.05, 3.63) is 22.7 Å². The summed E-state index contributed by atoms with van der Waals surface area (Å²) in [7, 11) is 0. The number of amides is 1. The first-order valence-electron chi connectivity index (χ1n) is 3.71. The van der Waals surface area contributed by atoms with Gasteiger partial charge in [-0.1, -0.05) is 0 Å². The molecule has 1 rings (SSSR count). The van der Waals surface area contributed by atoms with Crippen LogP contribution in [-0.4, -0.2) is 10.9 Å². The predicted molar refractivity (Wildman–Crippen MR) is 48.7 cm³/mol. The Kier molecular flexibility index (Phi) is 2.69. The summed E-state index contributed by atoms with van der Waals surface area (Å²) in [5.74, 6) is -0.252. The van der Waals surface area contributed by atoms with E-state index in [0.29, 0.717) is 5.69 Å². The zero-order valence-corrected chi connectivity index (χ0v) is 7.37. The molecule has 0 fully saturated rings. The smallest absolute Gasteiger partial charge is 0.221 e. The Morgan fingerprint density at radius 2 is 2.31 bits per heavy atom. The molecule has 1 amide bonds. The maximum Gasteiger partial charge on any atom is 0.221 e. The maximum atomic E-state index is 10.7. The van der Waals surface area contributed by atoms with Gasteiger partial charge >= 0.3 is 0 Å². The lowest BCUT2D eigenvalue weighted by atomic mass is 10.3. The summed E-state index contributed by atoms with van der Waals surface area (Å²) in [6.45, 7) is 3.17. The van der Waals surface area contributed by atoms with E-state index < -0.39 is 0 Å². The van der Waals surface area contributed by atoms with Gasteiger partial charge in [-0.15, -0.1) is 4.91 Å². The average molecular weight is 179 g/mol. The summed E-state index contributed by atoms with van der Waals surface area (Å²) in [5.41, 5.74) is 1.21. The van der Waals surface area contributed by atoms with Crippen LogP contribution in [0.15, 0.2) is 17.4 Å². The number of pyridine rings is 1. The first-order valence-corrected chi connectivity index (χ1v) is 3.71. The molecule has 0 saturated carbocycles. The Labute approximate surface area is 75.2 Å². The fourth-order valence-electron chi connectivity index (χ4n) is 0.916. The van der Waals surface area contributed by atoms with E-state index in [2.05, 4.69) is 15.5 Å². The summed E-state index contributed by atoms with van der Waals surface area (Å²) in [5, 5.41) is 5.16. The lowest BCUT2D eigenvalue weighted by molar-refractivity contribution is -0.114. The Morgan fingerprint density at radius 1 is 1.62 bits per heavy atom. The van der Waals surface area contributed by atoms with E-state index in [1.165, 1.54) is 13.1 Å². The molecule has 0 radical (unpaired) electrons. The molecule has 1 heterocycles. The van der Waals surface area contributed by atoms with Crippen molar-refractivity contribution in [3.63, 3.8) is 0 Å². The monoisotopic (exact) mass is 179 g/mol. The lowest BCUT2D eigenvalue weighted by Gasteiger charge is -2.03. The summed E-state index contributed by atoms with van der Waals surface area (Å²) >= 11 is 0. The van der Waals surface area contributed by atoms with Gasteiger partial charge < -0.3 is 5.32 Å². The summed E-state index contributed by atoms with van der Waals surface area (Å²) in [6.07, 6.45) is 1.52. The largest absolute Gasteiger partial charge is 0.323 e. The maximum absolute atomic E-state index is 10.7. The Hall–Kier alpha value is -1.78. The van der Waals surface area contributed by atoms with Crippen molar-refractivity contribution in [2.75, 3.05) is 5.32 Å². The van der Waals surface area contributed by atoms with Crippen LogP contribution >= 0.6 is 0 Å². The standard InChI is InChI=1S/C8H9N3O2/c1-5-3-7(10-6(2)12)8(11-13)9-4-5/h3-4H,1-2H3,(H,10,12). The Morgan fingerprint density at radius 3 is 2.85 bits per heavy atom. The first-order chi connectivity index (χ1) is 6.13. The van der Waals surface area contributed by atoms with Gasteiger partial charge in [0, 0.05) is 13.1 Å². The molecule has 5 nitrogen and oxygen atoms in total. The third-order valence-corrected chi connectivity index (χ3v) is 1.40. The zero-order valence-electron chi connectivity index (χ0n) is 7.37. The van der Waals surface area contributed by atoms with E-state index in [0.717, 1.165) is 5.56 Å². The molecule has 1 N–H and O–H groups in total. The number of hydrogen-bond donors (Lipinski definition) is 1. The third-order valence-electron chi connectivity index (χ3n) is 1.40. The van der Waals surface area contributed by atoms with Gasteiger partial charge in [0.05, 0.1) is 5.69 Å². The van der Waals surface area contributed by atoms with E-state index in [-0.39, 0.29) is 11.7 Å². The molecule has 0 saturated heterocycles. The Balaban J connectivity index is 3.07. The number of hydrogen-bond acceptors (Lipinski definition) is 4. The van der Waals surface area contributed by atoms with Crippen molar-refractivity contribution in [2.24, 2.45) is 5.18 Å². The third kappa shape index (κ3) is 2.33. The quantitative estimate of drug-likeness (QED) is 0.703. The second kappa shape index (κ2) is 3.75. The first kappa shape index (κ1) is 9.31. The lowest BCUT2D eigenvalue weighted by Crippen LogP contribution is -2.06. The SMILES string of the molecule is CC(=O)Nc1cc(C)cnc1N=O. The van der Waals surface area contributed by atoms with E-state index >= 15 is 0 Å². The van der Waals surface area contributed by atoms with Crippen LogP contribution < -0.4 is 5.32 Å². The van der Waals surface area contributed by atoms with Gasteiger partial charge in [-0.3, -0.25) is 4.79 Å². The van der Waals surface area contributed by atoms with Gasteiger partial charge in [0.1, 0.15) is 0 Å². The molecule has 1 aromatic heterocycles. The van der Waals surface area contributed by atoms with Crippen molar-refractivity contribution >= 4 is 17.4 Å². The van der Waals surface area contributed by atoms with Crippen LogP contribution in [0.5, 0.6) is 0 Å². The highest BCUT2D eigenvalue weighted by Gasteiger charge is 2.05. The molecule has 0 aliphatic heterocycles. The molecule has 0 atom stereocenters. The average Bonchev–Trinajstić information content (AvgIpc) is 2.03. The van der Waals surface area contributed by atoms with Crippen LogP contribution in [0.25, 0.3) is 0 Å². The molecule has 0 spiro atoms. The molecule has 1 aromatic rings. The minimum absolute atomic E-state index is 0.000741. The van der Waals surface area contributed by atoms with Crippen LogP contribution in [0.3, 0.4) is 0 Å². The number of carbonyl (C=O) groups is 1. The molecule has 0 aromatic carbocycles. The molecule has 0 aliphatic carbocycles. The second-order valence-electron chi connectivity index (χ2n) is 2.66. The van der Waals surface area contributed by atoms with Gasteiger partial charge in [-0.2, -0.15) is 0 Å². The highest BCUT2D eigenvalue weighted by atomic mass is 16.3. The van der Waals surface area contributed by atoms with E-state index in [1.807, 2.05) is 6.92 Å². The molecule has 0 bridgehead atoms. The normalized spacial score (nSPS) is 9.38. The van der Waals surface area contributed by atoms with E-state index in [9.17, 15) is 9.70 Å². The van der Waals surface area contributed by atoms with E-state index in [1.54, 1.807) is 6.07 Å². The number of nitrogens with one attached hydrogen (secondary N) is 1. The number of aryl methyl sites for hydroxylation is 1. The van der Waals surface area contributed by atoms with Gasteiger partial charge in [-0.25, -0.2) is 4.98 Å². The highest BCUT2D eigenvalue weighted by molar-refractivity contribution is 5.91. The van der Waals surface area contributed by atoms with Crippen LogP contribution in [0, 0.1) is 11.8 Å². The van der Waals surface area contributed by atoms with Crippen molar-refractivity contribution < 1.29 is 4.79 Å². The molecule has 5 heteroatoms. The summed E-state index contributed by atoms with van der Waals surface area (Å²) in [4.78, 5) is 24.7. The van der Waals surface area contributed by atoms with Crippen molar-refractivity contribution in [3.8, 4) is 0 Å². The fourth-order valence-corrected chi connectivity index (χ4v) is 0.916. The van der Waals surface area contributed by atoms with Crippen molar-refractivity contribution in [2.45, 2.75) is 13.8 Å². The van der Waals surface area contributed by atoms with Crippen LogP contribution in [0.4, 0.5) is 11.5 Å². The molecule has 68 valence electrons. The number of nitrogens with zero attached hydrogens (tertiary/aromatic N) is 2. The van der Waals surface area contributed by atoms with Crippen LogP contribution in [0.2, 0.25) is 0 Å². The van der Waals surface area contributed by atoms with E-state index in [4.69, 9.17) is 0 Å². The minimum atomic E-state index is -0.252. The number of aromatic nitrogens is 1. The van der Waals surface area contributed by atoms with Gasteiger partial charge in [0.2, 0.25) is 11.7 Å². The second-order valence-corrected chi connectivity index (χ2v) is 2.66.